The van der Waals surface area contributed by atoms with Crippen molar-refractivity contribution in [3.63, 3.8) is 0 Å². The lowest BCUT2D eigenvalue weighted by Gasteiger charge is -2.17. The summed E-state index contributed by atoms with van der Waals surface area (Å²) < 4.78 is 5.77. The van der Waals surface area contributed by atoms with Gasteiger partial charge in [0, 0.05) is 5.69 Å². The fourth-order valence-electron chi connectivity index (χ4n) is 2.34. The van der Waals surface area contributed by atoms with E-state index >= 15 is 0 Å². The van der Waals surface area contributed by atoms with E-state index in [-0.39, 0.29) is 5.91 Å². The molecule has 3 N–H and O–H groups in total. The number of aryl methyl sites for hydroxylation is 1. The van der Waals surface area contributed by atoms with Crippen molar-refractivity contribution in [2.75, 3.05) is 11.1 Å². The van der Waals surface area contributed by atoms with Crippen LogP contribution in [0.3, 0.4) is 0 Å². The predicted octanol–water partition coefficient (Wildman–Crippen LogP) is 2.60. The molecule has 20 heavy (non-hydrogen) atoms. The fraction of sp³-hybridized carbons (Fsp3) is 0.188. The van der Waals surface area contributed by atoms with Crippen LogP contribution in [0, 0.1) is 0 Å². The van der Waals surface area contributed by atoms with Crippen LogP contribution in [0.1, 0.15) is 12.0 Å². The lowest BCUT2D eigenvalue weighted by molar-refractivity contribution is -0.122. The Morgan fingerprint density at radius 3 is 2.70 bits per heavy atom. The molecule has 4 nitrogen and oxygen atoms in total. The largest absolute Gasteiger partial charge is 0.478 e. The number of hydrogen-bond donors (Lipinski definition) is 2. The van der Waals surface area contributed by atoms with Crippen LogP contribution in [0.25, 0.3) is 0 Å². The van der Waals surface area contributed by atoms with Gasteiger partial charge in [-0.05, 0) is 36.6 Å². The van der Waals surface area contributed by atoms with Crippen molar-refractivity contribution in [1.82, 2.24) is 0 Å². The van der Waals surface area contributed by atoms with Gasteiger partial charge in [0.25, 0.3) is 5.91 Å². The van der Waals surface area contributed by atoms with Crippen LogP contribution < -0.4 is 15.8 Å². The normalized spacial score (nSPS) is 17.8. The number of anilines is 2. The summed E-state index contributed by atoms with van der Waals surface area (Å²) in [7, 11) is 0. The Bertz CT molecular complexity index is 640. The summed E-state index contributed by atoms with van der Waals surface area (Å²) in [5.41, 5.74) is 8.39. The molecule has 0 spiro atoms. The van der Waals surface area contributed by atoms with Gasteiger partial charge in [0.2, 0.25) is 0 Å². The minimum absolute atomic E-state index is 0.127. The molecule has 1 unspecified atom stereocenters. The second-order valence-corrected chi connectivity index (χ2v) is 4.83. The quantitative estimate of drug-likeness (QED) is 0.823. The zero-order valence-corrected chi connectivity index (χ0v) is 11.0. The fourth-order valence-corrected chi connectivity index (χ4v) is 2.34. The predicted molar refractivity (Wildman–Crippen MR) is 78.7 cm³/mol. The summed E-state index contributed by atoms with van der Waals surface area (Å²) >= 11 is 0. The molecule has 1 amide bonds. The van der Waals surface area contributed by atoms with Crippen LogP contribution in [0.15, 0.2) is 48.5 Å². The van der Waals surface area contributed by atoms with E-state index in [4.69, 9.17) is 10.5 Å². The van der Waals surface area contributed by atoms with Crippen molar-refractivity contribution < 1.29 is 9.53 Å². The van der Waals surface area contributed by atoms with Gasteiger partial charge in [-0.3, -0.25) is 4.79 Å². The van der Waals surface area contributed by atoms with Gasteiger partial charge in [-0.15, -0.1) is 0 Å². The maximum atomic E-state index is 12.2. The molecule has 102 valence electrons. The first-order valence-corrected chi connectivity index (χ1v) is 6.64. The van der Waals surface area contributed by atoms with Gasteiger partial charge < -0.3 is 15.8 Å². The molecule has 0 saturated heterocycles. The molecule has 3 rings (SSSR count). The second-order valence-electron chi connectivity index (χ2n) is 4.83. The highest BCUT2D eigenvalue weighted by Crippen LogP contribution is 2.26. The minimum atomic E-state index is -0.521. The number of carbonyl (C=O) groups excluding carboxylic acids is 1. The SMILES string of the molecule is Nc1ccccc1OC1CCc2ccccc2NC1=O. The number of carbonyl (C=O) groups is 1. The third-order valence-corrected chi connectivity index (χ3v) is 3.43. The van der Waals surface area contributed by atoms with Crippen molar-refractivity contribution in [1.29, 1.82) is 0 Å². The molecule has 0 aliphatic carbocycles. The summed E-state index contributed by atoms with van der Waals surface area (Å²) in [5, 5.41) is 2.91. The van der Waals surface area contributed by atoms with Crippen molar-refractivity contribution >= 4 is 17.3 Å². The standard InChI is InChI=1S/C16H16N2O2/c17-12-6-2-4-8-14(12)20-15-10-9-11-5-1-3-7-13(11)18-16(15)19/h1-8,15H,9-10,17H2,(H,18,19). The van der Waals surface area contributed by atoms with Gasteiger partial charge in [-0.1, -0.05) is 30.3 Å². The van der Waals surface area contributed by atoms with Crippen LogP contribution in [-0.2, 0) is 11.2 Å². The van der Waals surface area contributed by atoms with E-state index in [1.165, 1.54) is 0 Å². The van der Waals surface area contributed by atoms with Crippen LogP contribution in [-0.4, -0.2) is 12.0 Å². The monoisotopic (exact) mass is 268 g/mol. The molecule has 1 aliphatic rings. The number of rotatable bonds is 2. The second kappa shape index (κ2) is 5.25. The Morgan fingerprint density at radius 1 is 1.10 bits per heavy atom. The molecule has 2 aromatic carbocycles. The molecule has 0 radical (unpaired) electrons. The summed E-state index contributed by atoms with van der Waals surface area (Å²) in [4.78, 5) is 12.2. The highest BCUT2D eigenvalue weighted by Gasteiger charge is 2.25. The topological polar surface area (TPSA) is 64.3 Å². The number of para-hydroxylation sites is 3. The molecule has 1 atom stereocenters. The molecular weight excluding hydrogens is 252 g/mol. The van der Waals surface area contributed by atoms with Crippen molar-refractivity contribution in [2.45, 2.75) is 18.9 Å². The molecule has 4 heteroatoms. The number of amides is 1. The molecule has 0 fully saturated rings. The average molecular weight is 268 g/mol. The lowest BCUT2D eigenvalue weighted by Crippen LogP contribution is -2.32. The Balaban J connectivity index is 1.80. The van der Waals surface area contributed by atoms with Crippen molar-refractivity contribution in [2.24, 2.45) is 0 Å². The maximum Gasteiger partial charge on any atom is 0.265 e. The summed E-state index contributed by atoms with van der Waals surface area (Å²) in [6.45, 7) is 0. The summed E-state index contributed by atoms with van der Waals surface area (Å²) in [5.74, 6) is 0.428. The Kier molecular flexibility index (Phi) is 3.29. The van der Waals surface area contributed by atoms with Gasteiger partial charge in [0.1, 0.15) is 5.75 Å². The first kappa shape index (κ1) is 12.5. The van der Waals surface area contributed by atoms with E-state index in [9.17, 15) is 4.79 Å². The Morgan fingerprint density at radius 2 is 1.85 bits per heavy atom. The van der Waals surface area contributed by atoms with E-state index in [0.717, 1.165) is 17.7 Å². The maximum absolute atomic E-state index is 12.2. The first-order valence-electron chi connectivity index (χ1n) is 6.64. The van der Waals surface area contributed by atoms with Crippen molar-refractivity contribution in [3.8, 4) is 5.75 Å². The number of ether oxygens (including phenoxy) is 1. The Hall–Kier alpha value is -2.49. The number of fused-ring (bicyclic) bond motifs is 1. The number of hydrogen-bond acceptors (Lipinski definition) is 3. The summed E-state index contributed by atoms with van der Waals surface area (Å²) in [6, 6.07) is 15.0. The van der Waals surface area contributed by atoms with Gasteiger partial charge in [0.15, 0.2) is 6.10 Å². The molecule has 0 aromatic heterocycles. The van der Waals surface area contributed by atoms with Crippen LogP contribution in [0.5, 0.6) is 5.75 Å². The van der Waals surface area contributed by atoms with E-state index in [2.05, 4.69) is 5.32 Å². The third-order valence-electron chi connectivity index (χ3n) is 3.43. The lowest BCUT2D eigenvalue weighted by atomic mass is 10.1. The molecule has 2 aromatic rings. The highest BCUT2D eigenvalue weighted by molar-refractivity contribution is 5.95. The van der Waals surface area contributed by atoms with Crippen LogP contribution in [0.4, 0.5) is 11.4 Å². The zero-order chi connectivity index (χ0) is 13.9. The smallest absolute Gasteiger partial charge is 0.265 e. The highest BCUT2D eigenvalue weighted by atomic mass is 16.5. The van der Waals surface area contributed by atoms with Gasteiger partial charge in [-0.2, -0.15) is 0 Å². The molecular formula is C16H16N2O2. The number of nitrogens with two attached hydrogens (primary N) is 1. The van der Waals surface area contributed by atoms with Crippen LogP contribution in [0.2, 0.25) is 0 Å². The minimum Gasteiger partial charge on any atom is -0.478 e. The van der Waals surface area contributed by atoms with Crippen molar-refractivity contribution in [3.05, 3.63) is 54.1 Å². The van der Waals surface area contributed by atoms with E-state index in [0.29, 0.717) is 17.9 Å². The molecule has 0 bridgehead atoms. The first-order chi connectivity index (χ1) is 9.74. The number of benzene rings is 2. The molecule has 1 heterocycles. The average Bonchev–Trinajstić information content (AvgIpc) is 2.61. The van der Waals surface area contributed by atoms with Gasteiger partial charge in [-0.25, -0.2) is 0 Å². The van der Waals surface area contributed by atoms with E-state index in [1.807, 2.05) is 36.4 Å². The van der Waals surface area contributed by atoms with E-state index in [1.54, 1.807) is 12.1 Å². The Labute approximate surface area is 117 Å². The van der Waals surface area contributed by atoms with Crippen LogP contribution >= 0.6 is 0 Å². The van der Waals surface area contributed by atoms with Gasteiger partial charge >= 0.3 is 0 Å². The third kappa shape index (κ3) is 2.45. The van der Waals surface area contributed by atoms with Gasteiger partial charge in [0.05, 0.1) is 5.69 Å². The molecule has 0 saturated carbocycles. The number of nitrogens with one attached hydrogen (secondary N) is 1. The van der Waals surface area contributed by atoms with E-state index < -0.39 is 6.10 Å². The molecule has 1 aliphatic heterocycles. The zero-order valence-electron chi connectivity index (χ0n) is 11.0. The number of nitrogen functional groups attached to an aromatic ring is 1. The summed E-state index contributed by atoms with van der Waals surface area (Å²) in [6.07, 6.45) is 0.913.